The third-order valence-electron chi connectivity index (χ3n) is 2.74. The van der Waals surface area contributed by atoms with Crippen molar-refractivity contribution < 1.29 is 40.7 Å². The van der Waals surface area contributed by atoms with Gasteiger partial charge in [0.25, 0.3) is 0 Å². The Bertz CT molecular complexity index is 574. The molecule has 22 heavy (non-hydrogen) atoms. The summed E-state index contributed by atoms with van der Waals surface area (Å²) in [4.78, 5) is 22.6. The molecule has 0 fully saturated rings. The van der Waals surface area contributed by atoms with Gasteiger partial charge in [0.2, 0.25) is 0 Å². The summed E-state index contributed by atoms with van der Waals surface area (Å²) in [5.41, 5.74) is -4.11. The van der Waals surface area contributed by atoms with Gasteiger partial charge in [-0.15, -0.1) is 0 Å². The summed E-state index contributed by atoms with van der Waals surface area (Å²) in [5, 5.41) is 0. The molecule has 122 valence electrons. The first-order valence-electron chi connectivity index (χ1n) is 5.85. The number of ether oxygens (including phenoxy) is 1. The molecule has 0 radical (unpaired) electrons. The zero-order chi connectivity index (χ0) is 17.1. The van der Waals surface area contributed by atoms with Crippen LogP contribution in [0.2, 0.25) is 0 Å². The van der Waals surface area contributed by atoms with Gasteiger partial charge in [-0.05, 0) is 12.1 Å². The lowest BCUT2D eigenvalue weighted by Gasteiger charge is -2.15. The molecule has 0 saturated carbocycles. The molecule has 0 aromatic heterocycles. The van der Waals surface area contributed by atoms with Crippen LogP contribution in [0.5, 0.6) is 0 Å². The molecular formula is C13H10F6O3. The van der Waals surface area contributed by atoms with Gasteiger partial charge in [-0.3, -0.25) is 9.59 Å². The van der Waals surface area contributed by atoms with Gasteiger partial charge < -0.3 is 4.74 Å². The number of carbonyl (C=O) groups is 2. The van der Waals surface area contributed by atoms with Gasteiger partial charge in [-0.2, -0.15) is 26.3 Å². The number of ketones is 1. The number of benzene rings is 1. The molecule has 1 aromatic carbocycles. The average molecular weight is 328 g/mol. The monoisotopic (exact) mass is 328 g/mol. The summed E-state index contributed by atoms with van der Waals surface area (Å²) in [6, 6.07) is 0.733. The summed E-state index contributed by atoms with van der Waals surface area (Å²) < 4.78 is 80.2. The predicted molar refractivity (Wildman–Crippen MR) is 62.0 cm³/mol. The van der Waals surface area contributed by atoms with Crippen LogP contribution in [0, 0.1) is 0 Å². The maximum atomic E-state index is 12.8. The molecular weight excluding hydrogens is 318 g/mol. The smallest absolute Gasteiger partial charge is 0.417 e. The topological polar surface area (TPSA) is 43.4 Å². The molecule has 0 spiro atoms. The Morgan fingerprint density at radius 3 is 2.05 bits per heavy atom. The van der Waals surface area contributed by atoms with E-state index >= 15 is 0 Å². The van der Waals surface area contributed by atoms with E-state index in [-0.39, 0.29) is 6.07 Å². The fourth-order valence-electron chi connectivity index (χ4n) is 1.65. The number of halogens is 6. The third kappa shape index (κ3) is 4.47. The Morgan fingerprint density at radius 2 is 1.59 bits per heavy atom. The van der Waals surface area contributed by atoms with E-state index in [1.165, 1.54) is 0 Å². The Kier molecular flexibility index (Phi) is 5.21. The zero-order valence-electron chi connectivity index (χ0n) is 11.1. The minimum absolute atomic E-state index is 0.120. The molecule has 0 aliphatic rings. The van der Waals surface area contributed by atoms with Crippen LogP contribution < -0.4 is 0 Å². The molecule has 0 aliphatic carbocycles. The Hall–Kier alpha value is -2.06. The molecule has 0 amide bonds. The Morgan fingerprint density at radius 1 is 1.00 bits per heavy atom. The highest BCUT2D eigenvalue weighted by molar-refractivity contribution is 5.99. The van der Waals surface area contributed by atoms with Gasteiger partial charge in [0, 0.05) is 12.0 Å². The number of carbonyl (C=O) groups excluding carboxylic acids is 2. The van der Waals surface area contributed by atoms with E-state index in [0.29, 0.717) is 12.1 Å². The van der Waals surface area contributed by atoms with Crippen LogP contribution in [0.15, 0.2) is 18.2 Å². The molecule has 1 aromatic rings. The predicted octanol–water partition coefficient (Wildman–Crippen LogP) is 3.86. The molecule has 0 atom stereocenters. The molecule has 9 heteroatoms. The van der Waals surface area contributed by atoms with E-state index < -0.39 is 53.6 Å². The second-order valence-electron chi connectivity index (χ2n) is 4.26. The van der Waals surface area contributed by atoms with Gasteiger partial charge in [0.15, 0.2) is 5.78 Å². The van der Waals surface area contributed by atoms with E-state index in [1.807, 2.05) is 0 Å². The average Bonchev–Trinajstić information content (AvgIpc) is 2.41. The molecule has 0 unspecified atom stereocenters. The van der Waals surface area contributed by atoms with Crippen molar-refractivity contribution in [2.45, 2.75) is 25.2 Å². The fourth-order valence-corrected chi connectivity index (χ4v) is 1.65. The van der Waals surface area contributed by atoms with Crippen molar-refractivity contribution in [3.8, 4) is 0 Å². The zero-order valence-corrected chi connectivity index (χ0v) is 11.1. The normalized spacial score (nSPS) is 12.1. The summed E-state index contributed by atoms with van der Waals surface area (Å²) in [5.74, 6) is -1.90. The maximum absolute atomic E-state index is 12.8. The third-order valence-corrected chi connectivity index (χ3v) is 2.74. The van der Waals surface area contributed by atoms with Crippen LogP contribution in [-0.4, -0.2) is 18.9 Å². The highest BCUT2D eigenvalue weighted by Crippen LogP contribution is 2.37. The summed E-state index contributed by atoms with van der Waals surface area (Å²) in [6.07, 6.45) is -11.2. The van der Waals surface area contributed by atoms with Crippen molar-refractivity contribution in [2.75, 3.05) is 7.11 Å². The van der Waals surface area contributed by atoms with Crippen LogP contribution >= 0.6 is 0 Å². The highest BCUT2D eigenvalue weighted by Gasteiger charge is 2.39. The van der Waals surface area contributed by atoms with Crippen LogP contribution in [0.4, 0.5) is 26.3 Å². The lowest BCUT2D eigenvalue weighted by Crippen LogP contribution is -2.17. The van der Waals surface area contributed by atoms with Gasteiger partial charge in [-0.1, -0.05) is 6.07 Å². The van der Waals surface area contributed by atoms with Crippen molar-refractivity contribution in [2.24, 2.45) is 0 Å². The second-order valence-corrected chi connectivity index (χ2v) is 4.26. The first kappa shape index (κ1) is 18.0. The van der Waals surface area contributed by atoms with E-state index in [9.17, 15) is 35.9 Å². The highest BCUT2D eigenvalue weighted by atomic mass is 19.4. The first-order chi connectivity index (χ1) is 9.96. The van der Waals surface area contributed by atoms with Crippen molar-refractivity contribution >= 4 is 11.8 Å². The van der Waals surface area contributed by atoms with Crippen molar-refractivity contribution in [3.05, 3.63) is 34.9 Å². The summed E-state index contributed by atoms with van der Waals surface area (Å²) >= 11 is 0. The lowest BCUT2D eigenvalue weighted by atomic mass is 9.97. The number of hydrogen-bond acceptors (Lipinski definition) is 3. The SMILES string of the molecule is COC(=O)CCC(=O)c1ccc(C(F)(F)F)cc1C(F)(F)F. The number of hydrogen-bond donors (Lipinski definition) is 0. The van der Waals surface area contributed by atoms with Crippen molar-refractivity contribution in [1.82, 2.24) is 0 Å². The number of Topliss-reactive ketones (excluding diaryl/α,β-unsaturated/α-hetero) is 1. The van der Waals surface area contributed by atoms with Crippen LogP contribution in [0.25, 0.3) is 0 Å². The van der Waals surface area contributed by atoms with Crippen LogP contribution in [0.1, 0.15) is 34.3 Å². The van der Waals surface area contributed by atoms with Crippen LogP contribution in [-0.2, 0) is 21.9 Å². The summed E-state index contributed by atoms with van der Waals surface area (Å²) in [6.45, 7) is 0. The van der Waals surface area contributed by atoms with Gasteiger partial charge >= 0.3 is 18.3 Å². The number of methoxy groups -OCH3 is 1. The largest absolute Gasteiger partial charge is 0.469 e. The van der Waals surface area contributed by atoms with E-state index in [4.69, 9.17) is 0 Å². The first-order valence-corrected chi connectivity index (χ1v) is 5.85. The minimum Gasteiger partial charge on any atom is -0.469 e. The second kappa shape index (κ2) is 6.37. The quantitative estimate of drug-likeness (QED) is 0.479. The van der Waals surface area contributed by atoms with Crippen molar-refractivity contribution in [1.29, 1.82) is 0 Å². The van der Waals surface area contributed by atoms with E-state index in [2.05, 4.69) is 4.74 Å². The molecule has 0 aliphatic heterocycles. The fraction of sp³-hybridized carbons (Fsp3) is 0.385. The van der Waals surface area contributed by atoms with E-state index in [0.717, 1.165) is 7.11 Å². The Labute approximate surface area is 120 Å². The standard InChI is InChI=1S/C13H10F6O3/c1-22-11(21)5-4-10(20)8-3-2-7(12(14,15)16)6-9(8)13(17,18)19/h2-3,6H,4-5H2,1H3. The molecule has 3 nitrogen and oxygen atoms in total. The van der Waals surface area contributed by atoms with Gasteiger partial charge in [-0.25, -0.2) is 0 Å². The number of alkyl halides is 6. The van der Waals surface area contributed by atoms with Crippen molar-refractivity contribution in [3.63, 3.8) is 0 Å². The molecule has 0 bridgehead atoms. The Balaban J connectivity index is 3.19. The summed E-state index contributed by atoms with van der Waals surface area (Å²) in [7, 11) is 1.03. The molecule has 1 rings (SSSR count). The number of rotatable bonds is 4. The molecule has 0 N–H and O–H groups in total. The van der Waals surface area contributed by atoms with Gasteiger partial charge in [0.05, 0.1) is 24.7 Å². The lowest BCUT2D eigenvalue weighted by molar-refractivity contribution is -0.143. The maximum Gasteiger partial charge on any atom is 0.417 e. The van der Waals surface area contributed by atoms with Crippen LogP contribution in [0.3, 0.4) is 0 Å². The van der Waals surface area contributed by atoms with Gasteiger partial charge in [0.1, 0.15) is 0 Å². The number of esters is 1. The van der Waals surface area contributed by atoms with E-state index in [1.54, 1.807) is 0 Å². The molecule has 0 heterocycles. The molecule has 0 saturated heterocycles. The minimum atomic E-state index is -5.13.